The summed E-state index contributed by atoms with van der Waals surface area (Å²) in [7, 11) is 0. The van der Waals surface area contributed by atoms with Gasteiger partial charge in [0.1, 0.15) is 11.9 Å². The van der Waals surface area contributed by atoms with Crippen LogP contribution < -0.4 is 10.6 Å². The van der Waals surface area contributed by atoms with Crippen LogP contribution in [0.2, 0.25) is 0 Å². The van der Waals surface area contributed by atoms with Crippen molar-refractivity contribution in [2.45, 2.75) is 39.2 Å². The molecule has 0 spiro atoms. The molecule has 3 aromatic rings. The van der Waals surface area contributed by atoms with Gasteiger partial charge < -0.3 is 10.6 Å². The van der Waals surface area contributed by atoms with Crippen LogP contribution in [0.15, 0.2) is 54.6 Å². The van der Waals surface area contributed by atoms with E-state index in [2.05, 4.69) is 15.7 Å². The molecule has 0 aliphatic carbocycles. The van der Waals surface area contributed by atoms with Crippen LogP contribution in [0.1, 0.15) is 36.2 Å². The number of nitrogens with one attached hydrogen (secondary N) is 2. The summed E-state index contributed by atoms with van der Waals surface area (Å²) < 4.78 is 1.69. The Kier molecular flexibility index (Phi) is 5.65. The normalized spacial score (nSPS) is 15.0. The average molecular weight is 402 g/mol. The molecule has 6 nitrogen and oxygen atoms in total. The molecule has 30 heavy (non-hydrogen) atoms. The summed E-state index contributed by atoms with van der Waals surface area (Å²) in [5, 5.41) is 10.5. The van der Waals surface area contributed by atoms with E-state index in [1.807, 2.05) is 68.4 Å². The molecule has 0 saturated heterocycles. The number of rotatable bonds is 7. The van der Waals surface area contributed by atoms with Crippen molar-refractivity contribution in [1.29, 1.82) is 0 Å². The largest absolute Gasteiger partial charge is 0.356 e. The Morgan fingerprint density at radius 2 is 1.87 bits per heavy atom. The van der Waals surface area contributed by atoms with Crippen LogP contribution in [-0.2, 0) is 22.4 Å². The highest BCUT2D eigenvalue weighted by molar-refractivity contribution is 6.03. The number of hydrogen-bond donors (Lipinski definition) is 2. The summed E-state index contributed by atoms with van der Waals surface area (Å²) in [6.07, 6.45) is 1.58. The summed E-state index contributed by atoms with van der Waals surface area (Å²) in [6.45, 7) is 4.63. The molecule has 1 aromatic heterocycles. The zero-order valence-electron chi connectivity index (χ0n) is 17.3. The van der Waals surface area contributed by atoms with E-state index in [0.717, 1.165) is 29.7 Å². The Morgan fingerprint density at radius 1 is 1.13 bits per heavy atom. The summed E-state index contributed by atoms with van der Waals surface area (Å²) in [4.78, 5) is 25.1. The molecule has 1 aliphatic heterocycles. The number of carbonyl (C=O) groups excluding carboxylic acids is 2. The fourth-order valence-corrected chi connectivity index (χ4v) is 3.83. The maximum absolute atomic E-state index is 12.6. The third-order valence-electron chi connectivity index (χ3n) is 5.45. The van der Waals surface area contributed by atoms with E-state index in [0.29, 0.717) is 12.4 Å². The van der Waals surface area contributed by atoms with E-state index in [4.69, 9.17) is 0 Å². The van der Waals surface area contributed by atoms with E-state index in [1.165, 1.54) is 11.1 Å². The zero-order chi connectivity index (χ0) is 21.1. The number of aromatic nitrogens is 2. The van der Waals surface area contributed by atoms with Gasteiger partial charge in [0.05, 0.1) is 12.1 Å². The fraction of sp³-hybridized carbons (Fsp3) is 0.292. The maximum atomic E-state index is 12.6. The number of carbonyl (C=O) groups is 2. The van der Waals surface area contributed by atoms with Crippen LogP contribution in [0.5, 0.6) is 0 Å². The summed E-state index contributed by atoms with van der Waals surface area (Å²) in [5.74, 6) is 0.346. The standard InChI is InChI=1S/C24H26N4O2/c1-3-19-22(18-11-9-16(2)10-12-18)23-26-24(30)20(28(23)27-19)15-21(29)25-14-13-17-7-5-4-6-8-17/h4-12,20H,3,13-15H2,1-2H3,(H,25,29)(H,26,30). The highest BCUT2D eigenvalue weighted by atomic mass is 16.2. The van der Waals surface area contributed by atoms with Crippen molar-refractivity contribution >= 4 is 17.6 Å². The Balaban J connectivity index is 1.48. The molecule has 0 saturated carbocycles. The number of benzene rings is 2. The van der Waals surface area contributed by atoms with Crippen molar-refractivity contribution in [3.8, 4) is 11.1 Å². The van der Waals surface area contributed by atoms with Crippen molar-refractivity contribution in [1.82, 2.24) is 15.1 Å². The summed E-state index contributed by atoms with van der Waals surface area (Å²) >= 11 is 0. The van der Waals surface area contributed by atoms with Crippen LogP contribution in [0, 0.1) is 6.92 Å². The first kappa shape index (κ1) is 19.9. The smallest absolute Gasteiger partial charge is 0.251 e. The molecule has 4 rings (SSSR count). The molecular formula is C24H26N4O2. The quantitative estimate of drug-likeness (QED) is 0.633. The molecule has 2 heterocycles. The van der Waals surface area contributed by atoms with Crippen molar-refractivity contribution in [2.24, 2.45) is 0 Å². The second-order valence-electron chi connectivity index (χ2n) is 7.63. The van der Waals surface area contributed by atoms with Crippen molar-refractivity contribution < 1.29 is 9.59 Å². The zero-order valence-corrected chi connectivity index (χ0v) is 17.3. The Morgan fingerprint density at radius 3 is 2.57 bits per heavy atom. The molecule has 1 atom stereocenters. The van der Waals surface area contributed by atoms with Crippen molar-refractivity contribution in [2.75, 3.05) is 11.9 Å². The highest BCUT2D eigenvalue weighted by Gasteiger charge is 2.36. The Hall–Kier alpha value is -3.41. The number of amides is 2. The van der Waals surface area contributed by atoms with E-state index in [9.17, 15) is 9.59 Å². The lowest BCUT2D eigenvalue weighted by Crippen LogP contribution is -2.30. The molecule has 0 fully saturated rings. The minimum absolute atomic E-state index is 0.0752. The maximum Gasteiger partial charge on any atom is 0.251 e. The van der Waals surface area contributed by atoms with E-state index < -0.39 is 6.04 Å². The lowest BCUT2D eigenvalue weighted by molar-refractivity contribution is -0.126. The average Bonchev–Trinajstić information content (AvgIpc) is 3.25. The minimum Gasteiger partial charge on any atom is -0.356 e. The van der Waals surface area contributed by atoms with Gasteiger partial charge >= 0.3 is 0 Å². The molecule has 1 unspecified atom stereocenters. The first-order valence-electron chi connectivity index (χ1n) is 10.4. The van der Waals surface area contributed by atoms with E-state index >= 15 is 0 Å². The molecule has 0 bridgehead atoms. The van der Waals surface area contributed by atoms with Gasteiger partial charge in [0.15, 0.2) is 0 Å². The van der Waals surface area contributed by atoms with Gasteiger partial charge in [0, 0.05) is 12.1 Å². The fourth-order valence-electron chi connectivity index (χ4n) is 3.83. The van der Waals surface area contributed by atoms with Gasteiger partial charge in [-0.25, -0.2) is 4.68 Å². The predicted molar refractivity (Wildman–Crippen MR) is 117 cm³/mol. The topological polar surface area (TPSA) is 76.0 Å². The molecule has 2 N–H and O–H groups in total. The van der Waals surface area contributed by atoms with Crippen LogP contribution in [0.3, 0.4) is 0 Å². The van der Waals surface area contributed by atoms with Gasteiger partial charge in [0.2, 0.25) is 5.91 Å². The third kappa shape index (κ3) is 3.99. The lowest BCUT2D eigenvalue weighted by atomic mass is 10.0. The van der Waals surface area contributed by atoms with Crippen LogP contribution >= 0.6 is 0 Å². The molecule has 6 heteroatoms. The van der Waals surface area contributed by atoms with E-state index in [-0.39, 0.29) is 18.2 Å². The van der Waals surface area contributed by atoms with Crippen LogP contribution in [-0.4, -0.2) is 28.1 Å². The van der Waals surface area contributed by atoms with Gasteiger partial charge in [-0.05, 0) is 30.9 Å². The first-order valence-corrected chi connectivity index (χ1v) is 10.4. The lowest BCUT2D eigenvalue weighted by Gasteiger charge is -2.10. The second kappa shape index (κ2) is 8.53. The molecular weight excluding hydrogens is 376 g/mol. The van der Waals surface area contributed by atoms with Crippen molar-refractivity contribution in [3.05, 3.63) is 71.4 Å². The van der Waals surface area contributed by atoms with Crippen LogP contribution in [0.25, 0.3) is 11.1 Å². The Bertz CT molecular complexity index is 1050. The molecule has 2 aromatic carbocycles. The number of fused-ring (bicyclic) bond motifs is 1. The van der Waals surface area contributed by atoms with E-state index in [1.54, 1.807) is 4.68 Å². The predicted octanol–water partition coefficient (Wildman–Crippen LogP) is 3.66. The SMILES string of the molecule is CCc1nn2c(c1-c1ccc(C)cc1)NC(=O)C2CC(=O)NCCc1ccccc1. The monoisotopic (exact) mass is 402 g/mol. The number of aryl methyl sites for hydroxylation is 2. The summed E-state index contributed by atoms with van der Waals surface area (Å²) in [6, 6.07) is 17.6. The van der Waals surface area contributed by atoms with Crippen LogP contribution in [0.4, 0.5) is 5.82 Å². The van der Waals surface area contributed by atoms with Gasteiger partial charge in [-0.2, -0.15) is 5.10 Å². The van der Waals surface area contributed by atoms with Gasteiger partial charge in [-0.15, -0.1) is 0 Å². The second-order valence-corrected chi connectivity index (χ2v) is 7.63. The number of nitrogens with zero attached hydrogens (tertiary/aromatic N) is 2. The molecule has 2 amide bonds. The van der Waals surface area contributed by atoms with Gasteiger partial charge in [-0.1, -0.05) is 67.1 Å². The molecule has 0 radical (unpaired) electrons. The number of hydrogen-bond acceptors (Lipinski definition) is 3. The first-order chi connectivity index (χ1) is 14.6. The molecule has 154 valence electrons. The van der Waals surface area contributed by atoms with Gasteiger partial charge in [0.25, 0.3) is 5.91 Å². The molecule has 1 aliphatic rings. The third-order valence-corrected chi connectivity index (χ3v) is 5.45. The minimum atomic E-state index is -0.624. The highest BCUT2D eigenvalue weighted by Crippen LogP contribution is 2.38. The van der Waals surface area contributed by atoms with Gasteiger partial charge in [-0.3, -0.25) is 9.59 Å². The summed E-state index contributed by atoms with van der Waals surface area (Å²) in [5.41, 5.74) is 5.23. The Labute approximate surface area is 176 Å². The number of anilines is 1. The van der Waals surface area contributed by atoms with Crippen molar-refractivity contribution in [3.63, 3.8) is 0 Å².